The van der Waals surface area contributed by atoms with Gasteiger partial charge in [0.05, 0.1) is 11.0 Å². The first-order valence-corrected chi connectivity index (χ1v) is 12.8. The maximum absolute atomic E-state index is 3.78. The van der Waals surface area contributed by atoms with Crippen LogP contribution in [0.4, 0.5) is 0 Å². The zero-order valence-electron chi connectivity index (χ0n) is 17.0. The number of thiophene rings is 1. The third-order valence-corrected chi connectivity index (χ3v) is 4.64. The van der Waals surface area contributed by atoms with Crippen molar-refractivity contribution < 1.29 is 0 Å². The van der Waals surface area contributed by atoms with Gasteiger partial charge in [-0.1, -0.05) is 24.3 Å². The number of nitrogens with zero attached hydrogens (tertiary/aromatic N) is 6. The summed E-state index contributed by atoms with van der Waals surface area (Å²) in [6.07, 6.45) is 10.5. The SMILES string of the molecule is c1ccncc1.c1ccncc1.c1ccsc1.c1cscn1.c1cscn1.c1nncs1. The molecule has 0 spiro atoms. The standard InChI is InChI=1S/2C5H5N.C4H4S.2C3H3NS.C2H2N2S/c2*1-2-4-6-5-3-1;1-2-4-5-3-1;2*1-2-5-3-4-1;1-3-4-2-5-1/h2*1-5H;1-4H;2*1-3H;1-2H. The van der Waals surface area contributed by atoms with Gasteiger partial charge in [-0.05, 0) is 35.0 Å². The van der Waals surface area contributed by atoms with E-state index >= 15 is 0 Å². The summed E-state index contributed by atoms with van der Waals surface area (Å²) in [4.78, 5) is 15.1. The second-order valence-corrected chi connectivity index (χ2v) is 7.79. The largest absolute Gasteiger partial charge is 0.265 e. The summed E-state index contributed by atoms with van der Waals surface area (Å²) in [6.45, 7) is 0. The molecule has 32 heavy (non-hydrogen) atoms. The number of pyridine rings is 2. The van der Waals surface area contributed by atoms with E-state index in [0.29, 0.717) is 0 Å². The van der Waals surface area contributed by atoms with Crippen molar-refractivity contribution in [2.45, 2.75) is 0 Å². The quantitative estimate of drug-likeness (QED) is 0.231. The minimum absolute atomic E-state index is 1.49. The molecule has 0 saturated carbocycles. The van der Waals surface area contributed by atoms with E-state index in [0.717, 1.165) is 0 Å². The Morgan fingerprint density at radius 1 is 0.312 bits per heavy atom. The van der Waals surface area contributed by atoms with Gasteiger partial charge in [-0.3, -0.25) is 19.9 Å². The first-order valence-electron chi connectivity index (χ1n) is 9.00. The van der Waals surface area contributed by atoms with Crippen molar-refractivity contribution in [3.8, 4) is 0 Å². The van der Waals surface area contributed by atoms with Gasteiger partial charge < -0.3 is 0 Å². The van der Waals surface area contributed by atoms with E-state index in [4.69, 9.17) is 0 Å². The lowest BCUT2D eigenvalue weighted by Crippen LogP contribution is -1.58. The van der Waals surface area contributed by atoms with E-state index in [-0.39, 0.29) is 0 Å². The molecule has 0 aliphatic carbocycles. The molecule has 0 fully saturated rings. The van der Waals surface area contributed by atoms with Crippen LogP contribution in [-0.4, -0.2) is 30.1 Å². The fourth-order valence-electron chi connectivity index (χ4n) is 1.34. The third kappa shape index (κ3) is 21.5. The minimum Gasteiger partial charge on any atom is -0.265 e. The molecule has 0 radical (unpaired) electrons. The van der Waals surface area contributed by atoms with Crippen molar-refractivity contribution >= 4 is 45.3 Å². The molecular weight excluding hydrogens is 477 g/mol. The maximum Gasteiger partial charge on any atom is 0.103 e. The van der Waals surface area contributed by atoms with E-state index in [1.807, 2.05) is 70.1 Å². The van der Waals surface area contributed by atoms with Gasteiger partial charge >= 0.3 is 0 Å². The third-order valence-electron chi connectivity index (χ3n) is 2.54. The van der Waals surface area contributed by atoms with Crippen LogP contribution in [0.3, 0.4) is 0 Å². The lowest BCUT2D eigenvalue weighted by atomic mass is 10.5. The second-order valence-electron chi connectivity index (χ2n) is 4.77. The summed E-state index contributed by atoms with van der Waals surface area (Å²) in [6, 6.07) is 15.5. The van der Waals surface area contributed by atoms with Crippen LogP contribution in [0.25, 0.3) is 0 Å². The average molecular weight is 499 g/mol. The van der Waals surface area contributed by atoms with E-state index in [2.05, 4.69) is 30.1 Å². The molecule has 6 heterocycles. The fourth-order valence-corrected chi connectivity index (χ4v) is 2.77. The molecule has 164 valence electrons. The van der Waals surface area contributed by atoms with Gasteiger partial charge in [-0.2, -0.15) is 11.3 Å². The first kappa shape index (κ1) is 26.9. The van der Waals surface area contributed by atoms with Crippen LogP contribution in [0.2, 0.25) is 0 Å². The normalized spacial score (nSPS) is 8.00. The number of thiazole rings is 2. The van der Waals surface area contributed by atoms with Crippen LogP contribution in [-0.2, 0) is 0 Å². The fraction of sp³-hybridized carbons (Fsp3) is 0. The molecule has 6 rings (SSSR count). The molecule has 0 unspecified atom stereocenters. The average Bonchev–Trinajstić information content (AvgIpc) is 3.73. The molecule has 0 aromatic carbocycles. The molecule has 6 aromatic rings. The molecule has 0 atom stereocenters. The highest BCUT2D eigenvalue weighted by molar-refractivity contribution is 7.08. The Morgan fingerprint density at radius 2 is 0.781 bits per heavy atom. The van der Waals surface area contributed by atoms with Crippen molar-refractivity contribution in [2.24, 2.45) is 0 Å². The Hall–Kier alpha value is -3.18. The second kappa shape index (κ2) is 24.1. The topological polar surface area (TPSA) is 77.3 Å². The molecule has 0 saturated heterocycles. The van der Waals surface area contributed by atoms with Crippen molar-refractivity contribution in [3.05, 3.63) is 129 Å². The van der Waals surface area contributed by atoms with Crippen LogP contribution in [0.5, 0.6) is 0 Å². The molecule has 0 aliphatic heterocycles. The molecule has 0 N–H and O–H groups in total. The molecule has 0 aliphatic rings. The highest BCUT2D eigenvalue weighted by Crippen LogP contribution is 1.91. The Kier molecular flexibility index (Phi) is 20.2. The lowest BCUT2D eigenvalue weighted by molar-refractivity contribution is 1.09. The van der Waals surface area contributed by atoms with Gasteiger partial charge in [0.15, 0.2) is 0 Å². The van der Waals surface area contributed by atoms with Gasteiger partial charge in [-0.15, -0.1) is 44.2 Å². The number of hydrogen-bond acceptors (Lipinski definition) is 10. The molecular formula is C22H22N6S4. The van der Waals surface area contributed by atoms with Gasteiger partial charge in [0, 0.05) is 47.9 Å². The lowest BCUT2D eigenvalue weighted by Gasteiger charge is -1.70. The zero-order chi connectivity index (χ0) is 22.6. The summed E-state index contributed by atoms with van der Waals surface area (Å²) in [5.74, 6) is 0. The van der Waals surface area contributed by atoms with Crippen LogP contribution in [0, 0.1) is 0 Å². The van der Waals surface area contributed by atoms with Gasteiger partial charge in [0.2, 0.25) is 0 Å². The maximum atomic E-state index is 3.78. The molecule has 0 bridgehead atoms. The van der Waals surface area contributed by atoms with Crippen LogP contribution in [0.1, 0.15) is 0 Å². The number of aromatic nitrogens is 6. The first-order chi connectivity index (χ1) is 16.0. The van der Waals surface area contributed by atoms with E-state index in [9.17, 15) is 0 Å². The van der Waals surface area contributed by atoms with Crippen molar-refractivity contribution in [2.75, 3.05) is 0 Å². The Morgan fingerprint density at radius 3 is 0.906 bits per heavy atom. The summed E-state index contributed by atoms with van der Waals surface area (Å²) in [5, 5.41) is 14.9. The van der Waals surface area contributed by atoms with E-state index in [1.165, 1.54) is 11.3 Å². The molecule has 6 aromatic heterocycles. The van der Waals surface area contributed by atoms with Gasteiger partial charge in [0.25, 0.3) is 0 Å². The predicted octanol–water partition coefficient (Wildman–Crippen LogP) is 6.74. The summed E-state index contributed by atoms with van der Waals surface area (Å²) < 4.78 is 0. The van der Waals surface area contributed by atoms with Crippen molar-refractivity contribution in [1.82, 2.24) is 30.1 Å². The predicted molar refractivity (Wildman–Crippen MR) is 137 cm³/mol. The number of rotatable bonds is 0. The molecule has 6 nitrogen and oxygen atoms in total. The van der Waals surface area contributed by atoms with Crippen LogP contribution >= 0.6 is 45.3 Å². The van der Waals surface area contributed by atoms with Crippen LogP contribution in [0.15, 0.2) is 129 Å². The summed E-state index contributed by atoms with van der Waals surface area (Å²) in [7, 11) is 0. The van der Waals surface area contributed by atoms with Gasteiger partial charge in [-0.25, -0.2) is 0 Å². The molecule has 0 amide bonds. The van der Waals surface area contributed by atoms with E-state index < -0.39 is 0 Å². The Balaban J connectivity index is 0.000000192. The Labute approximate surface area is 204 Å². The Bertz CT molecular complexity index is 705. The summed E-state index contributed by atoms with van der Waals surface area (Å²) >= 11 is 6.41. The monoisotopic (exact) mass is 498 g/mol. The van der Waals surface area contributed by atoms with Gasteiger partial charge in [0.1, 0.15) is 11.0 Å². The smallest absolute Gasteiger partial charge is 0.103 e. The zero-order valence-corrected chi connectivity index (χ0v) is 20.3. The van der Waals surface area contributed by atoms with Crippen molar-refractivity contribution in [3.63, 3.8) is 0 Å². The van der Waals surface area contributed by atoms with Crippen molar-refractivity contribution in [1.29, 1.82) is 0 Å². The highest BCUT2D eigenvalue weighted by Gasteiger charge is 1.62. The van der Waals surface area contributed by atoms with Crippen LogP contribution < -0.4 is 0 Å². The minimum atomic E-state index is 1.49. The summed E-state index contributed by atoms with van der Waals surface area (Å²) in [5.41, 5.74) is 6.94. The van der Waals surface area contributed by atoms with E-state index in [1.54, 1.807) is 93.2 Å². The molecule has 10 heteroatoms. The highest BCUT2D eigenvalue weighted by atomic mass is 32.1. The number of hydrogen-bond donors (Lipinski definition) is 0.